The molecule has 0 bridgehead atoms. The van der Waals surface area contributed by atoms with E-state index >= 15 is 0 Å². The largest absolute Gasteiger partial charge is 0.461 e. The quantitative estimate of drug-likeness (QED) is 0.532. The van der Waals surface area contributed by atoms with Gasteiger partial charge in [-0.1, -0.05) is 30.3 Å². The zero-order chi connectivity index (χ0) is 22.4. The summed E-state index contributed by atoms with van der Waals surface area (Å²) in [6.07, 6.45) is 2.46. The van der Waals surface area contributed by atoms with Crippen LogP contribution in [0.1, 0.15) is 52.0 Å². The molecular weight excluding hydrogens is 400 g/mol. The number of piperazine rings is 1. The highest BCUT2D eigenvalue weighted by molar-refractivity contribution is 5.83. The first-order valence-electron chi connectivity index (χ1n) is 10.9. The third-order valence-corrected chi connectivity index (χ3v) is 5.33. The fourth-order valence-corrected chi connectivity index (χ4v) is 3.75. The van der Waals surface area contributed by atoms with Gasteiger partial charge >= 0.3 is 18.2 Å². The Bertz CT molecular complexity index is 770. The summed E-state index contributed by atoms with van der Waals surface area (Å²) in [5.74, 6) is -0.502. The summed E-state index contributed by atoms with van der Waals surface area (Å²) in [7, 11) is 0. The smallest absolute Gasteiger partial charge is 0.411 e. The lowest BCUT2D eigenvalue weighted by Crippen LogP contribution is -2.60. The predicted molar refractivity (Wildman–Crippen MR) is 113 cm³/mol. The van der Waals surface area contributed by atoms with Crippen LogP contribution in [0, 0.1) is 0 Å². The van der Waals surface area contributed by atoms with Gasteiger partial charge in [0.25, 0.3) is 0 Å². The maximum atomic E-state index is 12.9. The molecule has 170 valence electrons. The number of amides is 2. The molecule has 1 atom stereocenters. The molecule has 31 heavy (non-hydrogen) atoms. The highest BCUT2D eigenvalue weighted by atomic mass is 16.6. The lowest BCUT2D eigenvalue weighted by atomic mass is 10.1. The van der Waals surface area contributed by atoms with E-state index in [9.17, 15) is 14.4 Å². The van der Waals surface area contributed by atoms with E-state index in [1.54, 1.807) is 20.8 Å². The first-order chi connectivity index (χ1) is 14.7. The van der Waals surface area contributed by atoms with Crippen LogP contribution >= 0.6 is 0 Å². The summed E-state index contributed by atoms with van der Waals surface area (Å²) >= 11 is 0. The summed E-state index contributed by atoms with van der Waals surface area (Å²) in [6.45, 7) is 5.89. The Labute approximate surface area is 183 Å². The number of ether oxygens (including phenoxy) is 3. The first kappa shape index (κ1) is 22.9. The van der Waals surface area contributed by atoms with Gasteiger partial charge in [0.2, 0.25) is 0 Å². The lowest BCUT2D eigenvalue weighted by Gasteiger charge is -2.40. The number of carbonyl (C=O) groups is 3. The highest BCUT2D eigenvalue weighted by Crippen LogP contribution is 2.24. The Morgan fingerprint density at radius 1 is 1.00 bits per heavy atom. The maximum absolute atomic E-state index is 12.9. The number of carbonyl (C=O) groups excluding carboxylic acids is 3. The van der Waals surface area contributed by atoms with Crippen LogP contribution in [-0.2, 0) is 25.6 Å². The maximum Gasteiger partial charge on any atom is 0.411 e. The van der Waals surface area contributed by atoms with Gasteiger partial charge < -0.3 is 19.1 Å². The molecule has 0 spiro atoms. The average Bonchev–Trinajstić information content (AvgIpc) is 3.24. The van der Waals surface area contributed by atoms with Crippen LogP contribution in [0.4, 0.5) is 9.59 Å². The summed E-state index contributed by atoms with van der Waals surface area (Å²) < 4.78 is 16.5. The minimum atomic E-state index is -0.923. The Hall–Kier alpha value is -2.77. The van der Waals surface area contributed by atoms with Gasteiger partial charge in [0, 0.05) is 13.1 Å². The van der Waals surface area contributed by atoms with Crippen molar-refractivity contribution >= 4 is 18.2 Å². The summed E-state index contributed by atoms with van der Waals surface area (Å²) in [5, 5.41) is 0. The second-order valence-electron chi connectivity index (χ2n) is 9.02. The molecule has 1 heterocycles. The Morgan fingerprint density at radius 3 is 2.32 bits per heavy atom. The highest BCUT2D eigenvalue weighted by Gasteiger charge is 2.41. The van der Waals surface area contributed by atoms with Gasteiger partial charge in [-0.05, 0) is 52.0 Å². The Balaban J connectivity index is 1.66. The third kappa shape index (κ3) is 6.60. The summed E-state index contributed by atoms with van der Waals surface area (Å²) in [5.41, 5.74) is 0.184. The van der Waals surface area contributed by atoms with E-state index in [1.807, 2.05) is 30.3 Å². The standard InChI is InChI=1S/C23H32N2O6/c1-23(2,3)31-22(28)25-14-13-24(21(27)29-16-17-9-5-4-6-10-17)15-19(25)20(26)30-18-11-7-8-12-18/h4-6,9-10,18-19H,7-8,11-16H2,1-3H3/t19-/m0/s1. The number of benzene rings is 1. The van der Waals surface area contributed by atoms with Gasteiger partial charge in [0.15, 0.2) is 6.04 Å². The Kier molecular flexibility index (Phi) is 7.41. The van der Waals surface area contributed by atoms with Crippen LogP contribution in [-0.4, -0.2) is 65.3 Å². The van der Waals surface area contributed by atoms with Crippen LogP contribution in [0.25, 0.3) is 0 Å². The fraction of sp³-hybridized carbons (Fsp3) is 0.609. The van der Waals surface area contributed by atoms with Gasteiger partial charge in [-0.2, -0.15) is 0 Å². The molecule has 2 amide bonds. The van der Waals surface area contributed by atoms with Crippen molar-refractivity contribution in [3.8, 4) is 0 Å². The van der Waals surface area contributed by atoms with Gasteiger partial charge in [-0.3, -0.25) is 4.90 Å². The van der Waals surface area contributed by atoms with Crippen molar-refractivity contribution in [1.82, 2.24) is 9.80 Å². The van der Waals surface area contributed by atoms with Gasteiger partial charge in [0.1, 0.15) is 18.3 Å². The van der Waals surface area contributed by atoms with Crippen molar-refractivity contribution in [1.29, 1.82) is 0 Å². The van der Waals surface area contributed by atoms with Crippen LogP contribution in [0.3, 0.4) is 0 Å². The molecule has 1 aromatic carbocycles. The second kappa shape index (κ2) is 10.0. The first-order valence-corrected chi connectivity index (χ1v) is 10.9. The van der Waals surface area contributed by atoms with E-state index in [4.69, 9.17) is 14.2 Å². The van der Waals surface area contributed by atoms with Gasteiger partial charge in [-0.15, -0.1) is 0 Å². The van der Waals surface area contributed by atoms with Crippen molar-refractivity contribution in [2.24, 2.45) is 0 Å². The number of rotatable bonds is 4. The number of hydrogen-bond donors (Lipinski definition) is 0. The van der Waals surface area contributed by atoms with Crippen molar-refractivity contribution in [2.75, 3.05) is 19.6 Å². The molecule has 1 saturated heterocycles. The molecule has 0 N–H and O–H groups in total. The number of hydrogen-bond acceptors (Lipinski definition) is 6. The summed E-state index contributed by atoms with van der Waals surface area (Å²) in [6, 6.07) is 8.45. The van der Waals surface area contributed by atoms with E-state index in [-0.39, 0.29) is 32.3 Å². The molecule has 1 aromatic rings. The normalized spacial score (nSPS) is 19.8. The molecule has 0 unspecified atom stereocenters. The van der Waals surface area contributed by atoms with Crippen LogP contribution in [0.15, 0.2) is 30.3 Å². The fourth-order valence-electron chi connectivity index (χ4n) is 3.75. The molecule has 1 aliphatic heterocycles. The number of esters is 1. The molecular formula is C23H32N2O6. The van der Waals surface area contributed by atoms with Gasteiger partial charge in [-0.25, -0.2) is 14.4 Å². The van der Waals surface area contributed by atoms with Crippen molar-refractivity contribution in [3.05, 3.63) is 35.9 Å². The minimum absolute atomic E-state index is 0.0123. The SMILES string of the molecule is CC(C)(C)OC(=O)N1CCN(C(=O)OCc2ccccc2)C[C@H]1C(=O)OC1CCCC1. The van der Waals surface area contributed by atoms with Crippen molar-refractivity contribution in [2.45, 2.75) is 70.8 Å². The van der Waals surface area contributed by atoms with Crippen molar-refractivity contribution in [3.63, 3.8) is 0 Å². The van der Waals surface area contributed by atoms with E-state index in [1.165, 1.54) is 9.80 Å². The minimum Gasteiger partial charge on any atom is -0.461 e. The summed E-state index contributed by atoms with van der Waals surface area (Å²) in [4.78, 5) is 41.1. The van der Waals surface area contributed by atoms with Crippen molar-refractivity contribution < 1.29 is 28.6 Å². The molecule has 1 saturated carbocycles. The van der Waals surface area contributed by atoms with E-state index in [0.717, 1.165) is 31.2 Å². The zero-order valence-electron chi connectivity index (χ0n) is 18.5. The monoisotopic (exact) mass is 432 g/mol. The topological polar surface area (TPSA) is 85.4 Å². The molecule has 3 rings (SSSR count). The predicted octanol–water partition coefficient (Wildman–Crippen LogP) is 3.73. The molecule has 2 fully saturated rings. The molecule has 0 radical (unpaired) electrons. The zero-order valence-corrected chi connectivity index (χ0v) is 18.5. The second-order valence-corrected chi connectivity index (χ2v) is 9.02. The van der Waals surface area contributed by atoms with Crippen LogP contribution in [0.5, 0.6) is 0 Å². The number of nitrogens with zero attached hydrogens (tertiary/aromatic N) is 2. The van der Waals surface area contributed by atoms with E-state index in [0.29, 0.717) is 0 Å². The molecule has 8 heteroatoms. The average molecular weight is 433 g/mol. The van der Waals surface area contributed by atoms with Crippen LogP contribution in [0.2, 0.25) is 0 Å². The van der Waals surface area contributed by atoms with Gasteiger partial charge in [0.05, 0.1) is 6.54 Å². The Morgan fingerprint density at radius 2 is 1.68 bits per heavy atom. The molecule has 8 nitrogen and oxygen atoms in total. The molecule has 2 aliphatic rings. The van der Waals surface area contributed by atoms with E-state index < -0.39 is 29.8 Å². The van der Waals surface area contributed by atoms with E-state index in [2.05, 4.69) is 0 Å². The lowest BCUT2D eigenvalue weighted by molar-refractivity contribution is -0.157. The third-order valence-electron chi connectivity index (χ3n) is 5.33. The molecule has 0 aromatic heterocycles. The van der Waals surface area contributed by atoms with Crippen LogP contribution < -0.4 is 0 Å². The molecule has 1 aliphatic carbocycles.